The molecule has 2 heterocycles. The zero-order valence-corrected chi connectivity index (χ0v) is 21.2. The first-order chi connectivity index (χ1) is 16.8. The van der Waals surface area contributed by atoms with E-state index in [1.54, 1.807) is 24.3 Å². The van der Waals surface area contributed by atoms with E-state index >= 15 is 0 Å². The molecular weight excluding hydrogens is 515 g/mol. The Morgan fingerprint density at radius 1 is 1.17 bits per heavy atom. The van der Waals surface area contributed by atoms with Crippen molar-refractivity contribution in [3.63, 3.8) is 0 Å². The monoisotopic (exact) mass is 538 g/mol. The number of amides is 1. The van der Waals surface area contributed by atoms with Crippen LogP contribution in [0.15, 0.2) is 51.7 Å². The fourth-order valence-electron chi connectivity index (χ4n) is 3.35. The molecule has 2 aromatic carbocycles. The first kappa shape index (κ1) is 25.5. The number of ether oxygens (including phenoxy) is 2. The molecule has 1 saturated heterocycles. The second-order valence-corrected chi connectivity index (χ2v) is 11.6. The molecule has 3 aromatic rings. The maximum atomic E-state index is 13.1. The summed E-state index contributed by atoms with van der Waals surface area (Å²) in [5.74, 6) is 0.167. The number of halogens is 1. The van der Waals surface area contributed by atoms with E-state index in [4.69, 9.17) is 9.47 Å². The van der Waals surface area contributed by atoms with E-state index in [0.29, 0.717) is 34.0 Å². The average molecular weight is 539 g/mol. The zero-order chi connectivity index (χ0) is 24.8. The Hall–Kier alpha value is -2.58. The van der Waals surface area contributed by atoms with E-state index in [9.17, 15) is 17.6 Å². The number of nitrogens with zero attached hydrogens (tertiary/aromatic N) is 3. The molecule has 0 aliphatic carbocycles. The first-order valence-corrected chi connectivity index (χ1v) is 13.8. The van der Waals surface area contributed by atoms with Gasteiger partial charge in [-0.15, -0.1) is 10.2 Å². The predicted molar refractivity (Wildman–Crippen MR) is 131 cm³/mol. The number of nitrogens with one attached hydrogen (secondary N) is 1. The van der Waals surface area contributed by atoms with Crippen LogP contribution in [0.25, 0.3) is 0 Å². The highest BCUT2D eigenvalue weighted by molar-refractivity contribution is 8.00. The molecule has 0 atom stereocenters. The number of anilines is 1. The minimum atomic E-state index is -3.80. The lowest BCUT2D eigenvalue weighted by Crippen LogP contribution is -2.40. The van der Waals surface area contributed by atoms with Crippen molar-refractivity contribution in [3.05, 3.63) is 59.4 Å². The van der Waals surface area contributed by atoms with Crippen molar-refractivity contribution < 1.29 is 27.1 Å². The van der Waals surface area contributed by atoms with Crippen LogP contribution in [0.1, 0.15) is 11.1 Å². The summed E-state index contributed by atoms with van der Waals surface area (Å²) in [5.41, 5.74) is 1.46. The molecule has 0 bridgehead atoms. The van der Waals surface area contributed by atoms with Crippen LogP contribution in [-0.4, -0.2) is 62.2 Å². The number of sulfonamides is 1. The minimum Gasteiger partial charge on any atom is -0.495 e. The van der Waals surface area contributed by atoms with Crippen LogP contribution in [0, 0.1) is 5.82 Å². The molecule has 0 radical (unpaired) electrons. The fraction of sp³-hybridized carbons (Fsp3) is 0.318. The lowest BCUT2D eigenvalue weighted by molar-refractivity contribution is -0.115. The molecule has 0 unspecified atom stereocenters. The maximum absolute atomic E-state index is 13.1. The highest BCUT2D eigenvalue weighted by atomic mass is 32.2. The van der Waals surface area contributed by atoms with Gasteiger partial charge in [-0.05, 0) is 35.4 Å². The molecule has 0 saturated carbocycles. The summed E-state index contributed by atoms with van der Waals surface area (Å²) in [6, 6.07) is 10.9. The fourth-order valence-corrected chi connectivity index (χ4v) is 6.69. The molecule has 13 heteroatoms. The Bertz CT molecular complexity index is 1280. The summed E-state index contributed by atoms with van der Waals surface area (Å²) in [4.78, 5) is 12.6. The highest BCUT2D eigenvalue weighted by Gasteiger charge is 2.29. The zero-order valence-electron chi connectivity index (χ0n) is 18.8. The predicted octanol–water partition coefficient (Wildman–Crippen LogP) is 3.18. The molecule has 1 amide bonds. The number of benzene rings is 2. The van der Waals surface area contributed by atoms with Crippen LogP contribution in [0.3, 0.4) is 0 Å². The van der Waals surface area contributed by atoms with Gasteiger partial charge >= 0.3 is 0 Å². The molecule has 1 aromatic heterocycles. The van der Waals surface area contributed by atoms with Crippen LogP contribution in [0.2, 0.25) is 0 Å². The molecular formula is C22H23FN4O5S3. The third kappa shape index (κ3) is 6.55. The number of carbonyl (C=O) groups is 1. The van der Waals surface area contributed by atoms with Crippen molar-refractivity contribution in [3.8, 4) is 5.75 Å². The normalized spacial score (nSPS) is 14.6. The summed E-state index contributed by atoms with van der Waals surface area (Å²) in [6.45, 7) is 1.18. The molecule has 1 N–H and O–H groups in total. The lowest BCUT2D eigenvalue weighted by atomic mass is 10.1. The first-order valence-electron chi connectivity index (χ1n) is 10.6. The van der Waals surface area contributed by atoms with E-state index in [-0.39, 0.29) is 41.9 Å². The third-order valence-corrected chi connectivity index (χ3v) is 9.07. The van der Waals surface area contributed by atoms with E-state index < -0.39 is 10.0 Å². The molecule has 186 valence electrons. The van der Waals surface area contributed by atoms with Crippen molar-refractivity contribution in [2.24, 2.45) is 0 Å². The van der Waals surface area contributed by atoms with E-state index in [2.05, 4.69) is 15.5 Å². The van der Waals surface area contributed by atoms with Gasteiger partial charge in [0.2, 0.25) is 21.1 Å². The van der Waals surface area contributed by atoms with Gasteiger partial charge in [-0.1, -0.05) is 41.3 Å². The number of aromatic nitrogens is 2. The average Bonchev–Trinajstić information content (AvgIpc) is 3.31. The van der Waals surface area contributed by atoms with Crippen molar-refractivity contribution in [1.82, 2.24) is 14.5 Å². The second kappa shape index (κ2) is 11.4. The van der Waals surface area contributed by atoms with Crippen molar-refractivity contribution in [1.29, 1.82) is 0 Å². The van der Waals surface area contributed by atoms with Gasteiger partial charge in [0.1, 0.15) is 16.5 Å². The topological polar surface area (TPSA) is 111 Å². The largest absolute Gasteiger partial charge is 0.495 e. The third-order valence-electron chi connectivity index (χ3n) is 5.11. The number of hydrogen-bond donors (Lipinski definition) is 1. The molecule has 4 rings (SSSR count). The summed E-state index contributed by atoms with van der Waals surface area (Å²) in [7, 11) is -2.39. The smallest absolute Gasteiger partial charge is 0.246 e. The minimum absolute atomic E-state index is 0.0163. The van der Waals surface area contributed by atoms with Gasteiger partial charge in [0.05, 0.1) is 26.7 Å². The number of rotatable bonds is 9. The van der Waals surface area contributed by atoms with Crippen molar-refractivity contribution >= 4 is 44.2 Å². The van der Waals surface area contributed by atoms with Crippen LogP contribution in [-0.2, 0) is 31.7 Å². The molecule has 1 aliphatic rings. The van der Waals surface area contributed by atoms with Gasteiger partial charge in [-0.2, -0.15) is 4.31 Å². The lowest BCUT2D eigenvalue weighted by Gasteiger charge is -2.26. The van der Waals surface area contributed by atoms with Crippen LogP contribution in [0.5, 0.6) is 5.75 Å². The summed E-state index contributed by atoms with van der Waals surface area (Å²) >= 11 is 2.66. The number of morpholine rings is 1. The van der Waals surface area contributed by atoms with Gasteiger partial charge in [-0.3, -0.25) is 4.79 Å². The number of carbonyl (C=O) groups excluding carboxylic acids is 1. The Morgan fingerprint density at radius 3 is 2.60 bits per heavy atom. The van der Waals surface area contributed by atoms with E-state index in [1.807, 2.05) is 0 Å². The SMILES string of the molecule is COc1ccc(CC(=O)Nc2nnc(SCc3ccc(F)cc3)s2)cc1S(=O)(=O)N1CCOCC1. The second-order valence-electron chi connectivity index (χ2n) is 7.51. The Labute approximate surface area is 210 Å². The van der Waals surface area contributed by atoms with E-state index in [1.165, 1.54) is 52.7 Å². The standard InChI is InChI=1S/C22H23FN4O5S3/c1-31-18-7-4-16(12-19(18)35(29,30)27-8-10-32-11-9-27)13-20(28)24-21-25-26-22(34-21)33-14-15-2-5-17(23)6-3-15/h2-7,12H,8-11,13-14H2,1H3,(H,24,25,28). The molecule has 0 spiro atoms. The van der Waals surface area contributed by atoms with Crippen LogP contribution < -0.4 is 10.1 Å². The molecule has 1 aliphatic heterocycles. The van der Waals surface area contributed by atoms with Gasteiger partial charge < -0.3 is 14.8 Å². The van der Waals surface area contributed by atoms with Gasteiger partial charge in [-0.25, -0.2) is 12.8 Å². The van der Waals surface area contributed by atoms with E-state index in [0.717, 1.165) is 5.56 Å². The van der Waals surface area contributed by atoms with Gasteiger partial charge in [0.15, 0.2) is 4.34 Å². The number of hydrogen-bond acceptors (Lipinski definition) is 9. The summed E-state index contributed by atoms with van der Waals surface area (Å²) < 4.78 is 51.8. The Balaban J connectivity index is 1.39. The summed E-state index contributed by atoms with van der Waals surface area (Å²) in [5, 5.41) is 11.1. The number of methoxy groups -OCH3 is 1. The highest BCUT2D eigenvalue weighted by Crippen LogP contribution is 2.30. The summed E-state index contributed by atoms with van der Waals surface area (Å²) in [6.07, 6.45) is -0.0484. The van der Waals surface area contributed by atoms with Gasteiger partial charge in [0.25, 0.3) is 0 Å². The van der Waals surface area contributed by atoms with Crippen molar-refractivity contribution in [2.75, 3.05) is 38.7 Å². The number of thioether (sulfide) groups is 1. The molecule has 9 nitrogen and oxygen atoms in total. The Kier molecular flexibility index (Phi) is 8.34. The van der Waals surface area contributed by atoms with Gasteiger partial charge in [0, 0.05) is 18.8 Å². The molecule has 1 fully saturated rings. The molecule has 35 heavy (non-hydrogen) atoms. The van der Waals surface area contributed by atoms with Crippen LogP contribution in [0.4, 0.5) is 9.52 Å². The van der Waals surface area contributed by atoms with Crippen LogP contribution >= 0.6 is 23.1 Å². The Morgan fingerprint density at radius 2 is 1.89 bits per heavy atom. The van der Waals surface area contributed by atoms with Crippen molar-refractivity contribution in [2.45, 2.75) is 21.4 Å². The maximum Gasteiger partial charge on any atom is 0.246 e. The quantitative estimate of drug-likeness (QED) is 0.327.